The Hall–Kier alpha value is -3.40. The van der Waals surface area contributed by atoms with E-state index in [1.165, 1.54) is 11.8 Å². The number of amides is 5. The largest absolute Gasteiger partial charge is 0.481 e. The van der Waals surface area contributed by atoms with E-state index in [4.69, 9.17) is 16.6 Å². The van der Waals surface area contributed by atoms with Crippen LogP contribution in [-0.2, 0) is 33.6 Å². The standard InChI is InChI=1S/C26H46N6O9S/c1-13(2)12-18(31-23(37)17(7-9-20(34)35)29-22(36)15(27)10-11-42-5)25(39)30-16(6-8-19(28)33)24(38)32-21(14(3)4)26(40)41/h13-18,21H,6-12,27H2,1-5H3,(H2,28,33)(H,29,36)(H,30,39)(H,31,37)(H,32,38)(H,34,35)(H,40,41). The third-order valence-corrected chi connectivity index (χ3v) is 6.78. The van der Waals surface area contributed by atoms with Gasteiger partial charge in [-0.05, 0) is 49.5 Å². The van der Waals surface area contributed by atoms with Gasteiger partial charge >= 0.3 is 11.9 Å². The lowest BCUT2D eigenvalue weighted by atomic mass is 10.00. The van der Waals surface area contributed by atoms with E-state index >= 15 is 0 Å². The number of hydrogen-bond acceptors (Lipinski definition) is 9. The van der Waals surface area contributed by atoms with Gasteiger partial charge in [0.05, 0.1) is 6.04 Å². The summed E-state index contributed by atoms with van der Waals surface area (Å²) in [5.41, 5.74) is 11.1. The van der Waals surface area contributed by atoms with E-state index in [1.54, 1.807) is 27.7 Å². The van der Waals surface area contributed by atoms with Gasteiger partial charge in [-0.25, -0.2) is 4.79 Å². The summed E-state index contributed by atoms with van der Waals surface area (Å²) < 4.78 is 0. The summed E-state index contributed by atoms with van der Waals surface area (Å²) in [5.74, 6) is -6.41. The second kappa shape index (κ2) is 19.7. The summed E-state index contributed by atoms with van der Waals surface area (Å²) in [6.45, 7) is 6.72. The van der Waals surface area contributed by atoms with Crippen LogP contribution in [0.5, 0.6) is 0 Å². The Morgan fingerprint density at radius 2 is 1.19 bits per heavy atom. The molecule has 5 unspecified atom stereocenters. The van der Waals surface area contributed by atoms with Gasteiger partial charge in [0.15, 0.2) is 0 Å². The molecule has 15 nitrogen and oxygen atoms in total. The third-order valence-electron chi connectivity index (χ3n) is 6.13. The van der Waals surface area contributed by atoms with Crippen molar-refractivity contribution in [2.45, 2.75) is 96.4 Å². The van der Waals surface area contributed by atoms with Crippen LogP contribution in [0.25, 0.3) is 0 Å². The van der Waals surface area contributed by atoms with Crippen molar-refractivity contribution in [2.75, 3.05) is 12.0 Å². The highest BCUT2D eigenvalue weighted by atomic mass is 32.2. The van der Waals surface area contributed by atoms with Gasteiger partial charge in [0.1, 0.15) is 24.2 Å². The van der Waals surface area contributed by atoms with Crippen molar-refractivity contribution in [1.29, 1.82) is 0 Å². The first kappa shape index (κ1) is 38.6. The maximum atomic E-state index is 13.3. The van der Waals surface area contributed by atoms with Gasteiger partial charge in [0.25, 0.3) is 0 Å². The maximum absolute atomic E-state index is 13.3. The van der Waals surface area contributed by atoms with Crippen molar-refractivity contribution < 1.29 is 43.8 Å². The highest BCUT2D eigenvalue weighted by Gasteiger charge is 2.33. The molecule has 0 radical (unpaired) electrons. The lowest BCUT2D eigenvalue weighted by Crippen LogP contribution is -2.59. The molecule has 5 amide bonds. The predicted molar refractivity (Wildman–Crippen MR) is 156 cm³/mol. The number of carboxylic acids is 2. The Kier molecular flexibility index (Phi) is 18.1. The molecule has 0 aliphatic carbocycles. The molecule has 0 fully saturated rings. The predicted octanol–water partition coefficient (Wildman–Crippen LogP) is -1.08. The zero-order valence-electron chi connectivity index (χ0n) is 24.8. The molecule has 10 N–H and O–H groups in total. The Bertz CT molecular complexity index is 963. The molecule has 0 saturated carbocycles. The summed E-state index contributed by atoms with van der Waals surface area (Å²) in [7, 11) is 0. The van der Waals surface area contributed by atoms with E-state index in [2.05, 4.69) is 21.3 Å². The average molecular weight is 619 g/mol. The van der Waals surface area contributed by atoms with E-state index in [0.29, 0.717) is 12.2 Å². The number of rotatable bonds is 21. The molecule has 0 heterocycles. The summed E-state index contributed by atoms with van der Waals surface area (Å²) in [6.07, 6.45) is 1.02. The number of aliphatic carboxylic acids is 2. The number of hydrogen-bond donors (Lipinski definition) is 8. The Morgan fingerprint density at radius 1 is 0.714 bits per heavy atom. The number of carbonyl (C=O) groups excluding carboxylic acids is 5. The topological polar surface area (TPSA) is 260 Å². The fourth-order valence-corrected chi connectivity index (χ4v) is 4.25. The molecule has 0 saturated heterocycles. The van der Waals surface area contributed by atoms with Crippen molar-refractivity contribution in [1.82, 2.24) is 21.3 Å². The summed E-state index contributed by atoms with van der Waals surface area (Å²) in [4.78, 5) is 86.2. The lowest BCUT2D eigenvalue weighted by molar-refractivity contribution is -0.143. The third kappa shape index (κ3) is 15.6. The molecular formula is C26H46N6O9S. The first-order valence-electron chi connectivity index (χ1n) is 13.7. The molecule has 240 valence electrons. The van der Waals surface area contributed by atoms with Crippen molar-refractivity contribution in [3.8, 4) is 0 Å². The molecule has 0 aromatic rings. The van der Waals surface area contributed by atoms with Crippen molar-refractivity contribution in [2.24, 2.45) is 23.3 Å². The molecule has 0 spiro atoms. The molecule has 0 aromatic heterocycles. The van der Waals surface area contributed by atoms with E-state index in [-0.39, 0.29) is 31.6 Å². The summed E-state index contributed by atoms with van der Waals surface area (Å²) in [6, 6.07) is -6.09. The molecule has 5 atom stereocenters. The van der Waals surface area contributed by atoms with Crippen LogP contribution >= 0.6 is 11.8 Å². The Labute approximate surface area is 250 Å². The van der Waals surface area contributed by atoms with Gasteiger partial charge in [0, 0.05) is 12.8 Å². The van der Waals surface area contributed by atoms with Gasteiger partial charge in [-0.2, -0.15) is 11.8 Å². The van der Waals surface area contributed by atoms with Crippen LogP contribution in [0.4, 0.5) is 0 Å². The average Bonchev–Trinajstić information content (AvgIpc) is 2.88. The minimum Gasteiger partial charge on any atom is -0.481 e. The number of primary amides is 1. The second-order valence-corrected chi connectivity index (χ2v) is 11.7. The highest BCUT2D eigenvalue weighted by Crippen LogP contribution is 2.10. The minimum atomic E-state index is -1.35. The van der Waals surface area contributed by atoms with Crippen LogP contribution in [0.2, 0.25) is 0 Å². The highest BCUT2D eigenvalue weighted by molar-refractivity contribution is 7.98. The molecule has 16 heteroatoms. The minimum absolute atomic E-state index is 0.0955. The van der Waals surface area contributed by atoms with Crippen LogP contribution in [-0.4, -0.2) is 93.9 Å². The fourth-order valence-electron chi connectivity index (χ4n) is 3.76. The van der Waals surface area contributed by atoms with Crippen LogP contribution in [0, 0.1) is 11.8 Å². The molecule has 0 rings (SSSR count). The van der Waals surface area contributed by atoms with Gasteiger partial charge in [-0.15, -0.1) is 0 Å². The fraction of sp³-hybridized carbons (Fsp3) is 0.731. The van der Waals surface area contributed by atoms with Gasteiger partial charge in [0.2, 0.25) is 29.5 Å². The summed E-state index contributed by atoms with van der Waals surface area (Å²) >= 11 is 1.48. The van der Waals surface area contributed by atoms with Crippen molar-refractivity contribution in [3.05, 3.63) is 0 Å². The molecule has 0 aliphatic rings. The number of carboxylic acid groups (broad SMARTS) is 2. The number of nitrogens with two attached hydrogens (primary N) is 2. The lowest BCUT2D eigenvalue weighted by Gasteiger charge is -2.27. The number of carbonyl (C=O) groups is 7. The molecular weight excluding hydrogens is 572 g/mol. The van der Waals surface area contributed by atoms with Crippen molar-refractivity contribution >= 4 is 53.2 Å². The normalized spacial score (nSPS) is 14.7. The van der Waals surface area contributed by atoms with Gasteiger partial charge < -0.3 is 42.9 Å². The van der Waals surface area contributed by atoms with Gasteiger partial charge in [-0.1, -0.05) is 27.7 Å². The van der Waals surface area contributed by atoms with Crippen LogP contribution in [0.15, 0.2) is 0 Å². The van der Waals surface area contributed by atoms with Gasteiger partial charge in [-0.3, -0.25) is 28.8 Å². The van der Waals surface area contributed by atoms with Crippen LogP contribution in [0.1, 0.15) is 66.2 Å². The first-order valence-corrected chi connectivity index (χ1v) is 15.1. The molecule has 0 aromatic carbocycles. The van der Waals surface area contributed by atoms with Crippen LogP contribution in [0.3, 0.4) is 0 Å². The number of nitrogens with one attached hydrogen (secondary N) is 4. The zero-order valence-corrected chi connectivity index (χ0v) is 25.6. The summed E-state index contributed by atoms with van der Waals surface area (Å²) in [5, 5.41) is 28.4. The Morgan fingerprint density at radius 3 is 1.64 bits per heavy atom. The Balaban J connectivity index is 5.93. The number of thioether (sulfide) groups is 1. The molecule has 0 aliphatic heterocycles. The van der Waals surface area contributed by atoms with E-state index in [9.17, 15) is 38.7 Å². The SMILES string of the molecule is CSCCC(N)C(=O)NC(CCC(=O)O)C(=O)NC(CC(C)C)C(=O)NC(CCC(N)=O)C(=O)NC(C(=O)O)C(C)C. The van der Waals surface area contributed by atoms with E-state index in [0.717, 1.165) is 0 Å². The first-order chi connectivity index (χ1) is 19.5. The van der Waals surface area contributed by atoms with Crippen molar-refractivity contribution in [3.63, 3.8) is 0 Å². The van der Waals surface area contributed by atoms with Crippen LogP contribution < -0.4 is 32.7 Å². The molecule has 42 heavy (non-hydrogen) atoms. The van der Waals surface area contributed by atoms with E-state index in [1.807, 2.05) is 6.26 Å². The van der Waals surface area contributed by atoms with E-state index < -0.39 is 84.0 Å². The zero-order chi connectivity index (χ0) is 32.6. The smallest absolute Gasteiger partial charge is 0.326 e. The molecule has 0 bridgehead atoms. The quantitative estimate of drug-likeness (QED) is 0.0767. The maximum Gasteiger partial charge on any atom is 0.326 e. The second-order valence-electron chi connectivity index (χ2n) is 10.7. The monoisotopic (exact) mass is 618 g/mol.